The number of carboxylic acids is 1. The molecule has 0 saturated heterocycles. The molecular weight excluding hydrogens is 444 g/mol. The van der Waals surface area contributed by atoms with Crippen LogP contribution >= 0.6 is 0 Å². The summed E-state index contributed by atoms with van der Waals surface area (Å²) in [5.74, 6) is 0.277. The van der Waals surface area contributed by atoms with Crippen LogP contribution in [0.1, 0.15) is 92.4 Å². The van der Waals surface area contributed by atoms with Gasteiger partial charge in [-0.15, -0.1) is 0 Å². The molecule has 0 unspecified atom stereocenters. The van der Waals surface area contributed by atoms with Gasteiger partial charge in [-0.3, -0.25) is 4.79 Å². The maximum absolute atomic E-state index is 12.2. The average Bonchev–Trinajstić information content (AvgIpc) is 3.05. The number of carbonyl (C=O) groups is 2. The van der Waals surface area contributed by atoms with Crippen LogP contribution in [0.5, 0.6) is 0 Å². The number of fused-ring (bicyclic) bond motifs is 5. The van der Waals surface area contributed by atoms with Crippen molar-refractivity contribution < 1.29 is 24.6 Å². The largest absolute Gasteiger partial charge is 0.480 e. The molecule has 196 valence electrons. The molecule has 0 aromatic heterocycles. The minimum atomic E-state index is -1.03. The van der Waals surface area contributed by atoms with Gasteiger partial charge < -0.3 is 20.4 Å². The molecule has 3 saturated carbocycles. The predicted molar refractivity (Wildman–Crippen MR) is 135 cm³/mol. The minimum absolute atomic E-state index is 0.0377. The van der Waals surface area contributed by atoms with E-state index in [1.165, 1.54) is 18.4 Å². The zero-order valence-electron chi connectivity index (χ0n) is 22.1. The van der Waals surface area contributed by atoms with Gasteiger partial charge in [-0.05, 0) is 98.9 Å². The van der Waals surface area contributed by atoms with Gasteiger partial charge in [0.05, 0.1) is 11.3 Å². The lowest BCUT2D eigenvalue weighted by Gasteiger charge is -2.59. The molecule has 4 aliphatic carbocycles. The molecule has 7 heteroatoms. The number of nitrogens with one attached hydrogen (secondary N) is 1. The molecule has 3 N–H and O–H groups in total. The highest BCUT2D eigenvalue weighted by Gasteiger charge is 2.62. The van der Waals surface area contributed by atoms with Crippen LogP contribution in [-0.2, 0) is 14.4 Å². The van der Waals surface area contributed by atoms with Crippen molar-refractivity contribution in [1.29, 1.82) is 0 Å². The molecule has 0 radical (unpaired) electrons. The van der Waals surface area contributed by atoms with E-state index in [0.717, 1.165) is 44.2 Å². The number of hydrogen-bond donors (Lipinski definition) is 3. The summed E-state index contributed by atoms with van der Waals surface area (Å²) >= 11 is 0. The quantitative estimate of drug-likeness (QED) is 0.451. The summed E-state index contributed by atoms with van der Waals surface area (Å²) in [7, 11) is 0. The van der Waals surface area contributed by atoms with Crippen LogP contribution in [0.3, 0.4) is 0 Å². The molecule has 3 fully saturated rings. The second-order valence-corrected chi connectivity index (χ2v) is 12.4. The smallest absolute Gasteiger partial charge is 0.326 e. The van der Waals surface area contributed by atoms with Gasteiger partial charge in [0.2, 0.25) is 0 Å². The van der Waals surface area contributed by atoms with Crippen molar-refractivity contribution in [3.05, 3.63) is 11.6 Å². The van der Waals surface area contributed by atoms with Crippen molar-refractivity contribution in [2.24, 2.45) is 39.7 Å². The highest BCUT2D eigenvalue weighted by molar-refractivity contribution is 5.96. The summed E-state index contributed by atoms with van der Waals surface area (Å²) in [6.45, 7) is 10.2. The SMILES string of the molecule is CC[C@H](C)[C@@H](NC(=O)CO/N=C1\C=C2CC[C@@H]3[C@H](CC[C@@]4(C)[C@H]3CC[C@]4(C)O)[C@@]2(C)CC1)C(=O)O. The normalized spacial score (nSPS) is 41.1. The molecule has 0 bridgehead atoms. The van der Waals surface area contributed by atoms with E-state index in [2.05, 4.69) is 37.3 Å². The van der Waals surface area contributed by atoms with Crippen LogP contribution < -0.4 is 5.32 Å². The average molecular weight is 489 g/mol. The Bertz CT molecular complexity index is 911. The van der Waals surface area contributed by atoms with Crippen LogP contribution in [-0.4, -0.2) is 46.1 Å². The Morgan fingerprint density at radius 1 is 1.14 bits per heavy atom. The fourth-order valence-corrected chi connectivity index (χ4v) is 7.96. The van der Waals surface area contributed by atoms with E-state index in [9.17, 15) is 19.8 Å². The number of nitrogens with zero attached hydrogens (tertiary/aromatic N) is 1. The number of allylic oxidation sites excluding steroid dienone is 2. The van der Waals surface area contributed by atoms with Crippen molar-refractivity contribution in [3.63, 3.8) is 0 Å². The van der Waals surface area contributed by atoms with Crippen molar-refractivity contribution in [2.45, 2.75) is 104 Å². The highest BCUT2D eigenvalue weighted by Crippen LogP contribution is 2.67. The Labute approximate surface area is 209 Å². The maximum atomic E-state index is 12.2. The zero-order chi connectivity index (χ0) is 25.6. The van der Waals surface area contributed by atoms with Crippen LogP contribution in [0.15, 0.2) is 16.8 Å². The van der Waals surface area contributed by atoms with Gasteiger partial charge in [0.1, 0.15) is 6.04 Å². The van der Waals surface area contributed by atoms with Gasteiger partial charge in [0.15, 0.2) is 6.61 Å². The molecule has 0 heterocycles. The molecule has 1 amide bonds. The number of carboxylic acid groups (broad SMARTS) is 1. The molecule has 4 aliphatic rings. The first-order valence-electron chi connectivity index (χ1n) is 13.6. The summed E-state index contributed by atoms with van der Waals surface area (Å²) < 4.78 is 0. The van der Waals surface area contributed by atoms with Crippen molar-refractivity contribution >= 4 is 17.6 Å². The van der Waals surface area contributed by atoms with E-state index in [1.54, 1.807) is 0 Å². The first-order chi connectivity index (χ1) is 16.4. The molecule has 4 rings (SSSR count). The Morgan fingerprint density at radius 2 is 1.86 bits per heavy atom. The summed E-state index contributed by atoms with van der Waals surface area (Å²) in [6, 6.07) is -0.919. The summed E-state index contributed by atoms with van der Waals surface area (Å²) in [5, 5.41) is 27.3. The van der Waals surface area contributed by atoms with Crippen LogP contribution in [0.25, 0.3) is 0 Å². The summed E-state index contributed by atoms with van der Waals surface area (Å²) in [6.07, 6.45) is 11.3. The van der Waals surface area contributed by atoms with Crippen molar-refractivity contribution in [3.8, 4) is 0 Å². The van der Waals surface area contributed by atoms with Gasteiger partial charge in [-0.2, -0.15) is 0 Å². The van der Waals surface area contributed by atoms with Gasteiger partial charge in [0.25, 0.3) is 5.91 Å². The highest BCUT2D eigenvalue weighted by atomic mass is 16.6. The number of hydrogen-bond acceptors (Lipinski definition) is 5. The monoisotopic (exact) mass is 488 g/mol. The van der Waals surface area contributed by atoms with E-state index < -0.39 is 23.5 Å². The Hall–Kier alpha value is -1.89. The first kappa shape index (κ1) is 26.2. The molecule has 0 aromatic carbocycles. The van der Waals surface area contributed by atoms with Gasteiger partial charge in [-0.25, -0.2) is 4.79 Å². The molecule has 7 nitrogen and oxygen atoms in total. The van der Waals surface area contributed by atoms with Gasteiger partial charge >= 0.3 is 5.97 Å². The molecular formula is C28H44N2O5. The fraction of sp³-hybridized carbons (Fsp3) is 0.821. The number of rotatable bonds is 7. The number of aliphatic carboxylic acids is 1. The maximum Gasteiger partial charge on any atom is 0.326 e. The van der Waals surface area contributed by atoms with Gasteiger partial charge in [0, 0.05) is 0 Å². The van der Waals surface area contributed by atoms with E-state index >= 15 is 0 Å². The molecule has 0 spiro atoms. The summed E-state index contributed by atoms with van der Waals surface area (Å²) in [5.41, 5.74) is 1.97. The summed E-state index contributed by atoms with van der Waals surface area (Å²) in [4.78, 5) is 29.0. The fourth-order valence-electron chi connectivity index (χ4n) is 7.96. The van der Waals surface area contributed by atoms with E-state index in [0.29, 0.717) is 24.2 Å². The lowest BCUT2D eigenvalue weighted by molar-refractivity contribution is -0.144. The van der Waals surface area contributed by atoms with Crippen LogP contribution in [0.2, 0.25) is 0 Å². The molecule has 0 aliphatic heterocycles. The standard InChI is InChI=1S/C28H44N2O5/c1-6-17(2)24(25(32)33)29-23(31)16-35-30-19-9-12-26(3)18(15-19)7-8-20-21(26)10-13-27(4)22(20)11-14-28(27,5)34/h15,17,20-22,24,34H,6-14,16H2,1-5H3,(H,29,31)(H,32,33)/b30-19-/t17-,20+,21-,22-,24+,26-,27-,28-/m0/s1. The molecule has 8 atom stereocenters. The molecule has 35 heavy (non-hydrogen) atoms. The number of carbonyl (C=O) groups excluding carboxylic acids is 1. The molecule has 0 aromatic rings. The third-order valence-electron chi connectivity index (χ3n) is 10.7. The Kier molecular flexibility index (Phi) is 7.13. The lowest BCUT2D eigenvalue weighted by atomic mass is 9.46. The van der Waals surface area contributed by atoms with E-state index in [1.807, 2.05) is 13.8 Å². The third-order valence-corrected chi connectivity index (χ3v) is 10.7. The third kappa shape index (κ3) is 4.54. The number of oxime groups is 1. The number of amides is 1. The minimum Gasteiger partial charge on any atom is -0.480 e. The van der Waals surface area contributed by atoms with E-state index in [-0.39, 0.29) is 23.4 Å². The van der Waals surface area contributed by atoms with Gasteiger partial charge in [-0.1, -0.05) is 44.8 Å². The van der Waals surface area contributed by atoms with E-state index in [4.69, 9.17) is 4.84 Å². The first-order valence-corrected chi connectivity index (χ1v) is 13.6. The van der Waals surface area contributed by atoms with Crippen molar-refractivity contribution in [1.82, 2.24) is 5.32 Å². The number of aliphatic hydroxyl groups is 1. The lowest BCUT2D eigenvalue weighted by Crippen LogP contribution is -2.53. The topological polar surface area (TPSA) is 108 Å². The predicted octanol–water partition coefficient (Wildman–Crippen LogP) is 4.69. The Balaban J connectivity index is 1.39. The zero-order valence-corrected chi connectivity index (χ0v) is 22.1. The van der Waals surface area contributed by atoms with Crippen LogP contribution in [0.4, 0.5) is 0 Å². The second kappa shape index (κ2) is 9.53. The van der Waals surface area contributed by atoms with Crippen molar-refractivity contribution in [2.75, 3.05) is 6.61 Å². The second-order valence-electron chi connectivity index (χ2n) is 12.4. The Morgan fingerprint density at radius 3 is 2.54 bits per heavy atom. The van der Waals surface area contributed by atoms with Crippen LogP contribution in [0, 0.1) is 34.5 Å².